The molecule has 0 amide bonds. The van der Waals surface area contributed by atoms with Gasteiger partial charge in [-0.05, 0) is 11.4 Å². The Morgan fingerprint density at radius 1 is 1.27 bits per heavy atom. The molecule has 0 bridgehead atoms. The van der Waals surface area contributed by atoms with Crippen LogP contribution in [-0.2, 0) is 6.18 Å². The molecule has 0 aliphatic heterocycles. The molecule has 0 N–H and O–H groups in total. The topological polar surface area (TPSA) is 12.9 Å². The average Bonchev–Trinajstić information content (AvgIpc) is 1.86. The monoisotopic (exact) mass is 179 g/mol. The van der Waals surface area contributed by atoms with Crippen LogP contribution >= 0.6 is 9.24 Å². The first-order valence-electron chi connectivity index (χ1n) is 2.78. The molecule has 0 saturated heterocycles. The van der Waals surface area contributed by atoms with Crippen LogP contribution in [0.1, 0.15) is 5.56 Å². The number of hydrogen-bond acceptors (Lipinski definition) is 1. The first-order chi connectivity index (χ1) is 5.00. The van der Waals surface area contributed by atoms with Crippen LogP contribution in [0.5, 0.6) is 0 Å². The fraction of sp³-hybridized carbons (Fsp3) is 0.167. The molecule has 0 saturated carbocycles. The number of nitrogens with zero attached hydrogens (tertiary/aromatic N) is 1. The van der Waals surface area contributed by atoms with Crippen molar-refractivity contribution in [2.45, 2.75) is 6.18 Å². The molecule has 1 aromatic rings. The van der Waals surface area contributed by atoms with E-state index in [9.17, 15) is 13.2 Å². The summed E-state index contributed by atoms with van der Waals surface area (Å²) in [6, 6.07) is 1.03. The molecule has 1 aromatic heterocycles. The Labute approximate surface area is 63.8 Å². The van der Waals surface area contributed by atoms with Crippen LogP contribution in [0.15, 0.2) is 18.5 Å². The van der Waals surface area contributed by atoms with E-state index in [0.29, 0.717) is 5.30 Å². The van der Waals surface area contributed by atoms with Crippen LogP contribution in [-0.4, -0.2) is 4.98 Å². The van der Waals surface area contributed by atoms with Gasteiger partial charge in [0.05, 0.1) is 5.56 Å². The fourth-order valence-electron chi connectivity index (χ4n) is 0.613. The second-order valence-electron chi connectivity index (χ2n) is 2.00. The van der Waals surface area contributed by atoms with E-state index in [-0.39, 0.29) is 0 Å². The molecule has 1 heterocycles. The summed E-state index contributed by atoms with van der Waals surface area (Å²) in [5.41, 5.74) is -0.718. The Kier molecular flexibility index (Phi) is 2.14. The van der Waals surface area contributed by atoms with Gasteiger partial charge in [-0.3, -0.25) is 4.98 Å². The molecule has 5 heteroatoms. The molecule has 0 aliphatic rings. The summed E-state index contributed by atoms with van der Waals surface area (Å²) in [6.45, 7) is 0. The number of pyridine rings is 1. The smallest absolute Gasteiger partial charge is 0.263 e. The summed E-state index contributed by atoms with van der Waals surface area (Å²) in [4.78, 5) is 3.41. The van der Waals surface area contributed by atoms with Crippen molar-refractivity contribution in [1.29, 1.82) is 0 Å². The lowest BCUT2D eigenvalue weighted by molar-refractivity contribution is -0.137. The zero-order chi connectivity index (χ0) is 8.48. The Morgan fingerprint density at radius 3 is 2.27 bits per heavy atom. The third-order valence-corrected chi connectivity index (χ3v) is 1.40. The van der Waals surface area contributed by atoms with Crippen molar-refractivity contribution in [2.24, 2.45) is 0 Å². The van der Waals surface area contributed by atoms with Crippen LogP contribution in [0.3, 0.4) is 0 Å². The Bertz CT molecular complexity index is 258. The van der Waals surface area contributed by atoms with Gasteiger partial charge in [0.2, 0.25) is 0 Å². The first-order valence-corrected chi connectivity index (χ1v) is 3.35. The summed E-state index contributed by atoms with van der Waals surface area (Å²) in [6.07, 6.45) is -2.15. The van der Waals surface area contributed by atoms with E-state index < -0.39 is 11.7 Å². The van der Waals surface area contributed by atoms with Gasteiger partial charge in [-0.2, -0.15) is 13.2 Å². The highest BCUT2D eigenvalue weighted by Gasteiger charge is 2.30. The molecule has 60 valence electrons. The average molecular weight is 179 g/mol. The third kappa shape index (κ3) is 2.15. The van der Waals surface area contributed by atoms with Gasteiger partial charge in [-0.25, -0.2) is 0 Å². The van der Waals surface area contributed by atoms with Crippen LogP contribution < -0.4 is 5.30 Å². The van der Waals surface area contributed by atoms with E-state index in [4.69, 9.17) is 0 Å². The first kappa shape index (κ1) is 8.47. The van der Waals surface area contributed by atoms with Crippen LogP contribution in [0.2, 0.25) is 0 Å². The van der Waals surface area contributed by atoms with Gasteiger partial charge >= 0.3 is 6.18 Å². The molecule has 0 aromatic carbocycles. The van der Waals surface area contributed by atoms with E-state index in [1.807, 2.05) is 0 Å². The van der Waals surface area contributed by atoms with E-state index >= 15 is 0 Å². The predicted octanol–water partition coefficient (Wildman–Crippen LogP) is 1.60. The van der Waals surface area contributed by atoms with Gasteiger partial charge in [0.1, 0.15) is 0 Å². The van der Waals surface area contributed by atoms with Gasteiger partial charge < -0.3 is 0 Å². The summed E-state index contributed by atoms with van der Waals surface area (Å²) in [7, 11) is 2.16. The Morgan fingerprint density at radius 2 is 1.91 bits per heavy atom. The van der Waals surface area contributed by atoms with Crippen LogP contribution in [0.25, 0.3) is 0 Å². The van der Waals surface area contributed by atoms with Gasteiger partial charge in [0, 0.05) is 12.4 Å². The summed E-state index contributed by atoms with van der Waals surface area (Å²) >= 11 is 0. The van der Waals surface area contributed by atoms with E-state index in [1.54, 1.807) is 0 Å². The largest absolute Gasteiger partial charge is 0.417 e. The van der Waals surface area contributed by atoms with Crippen molar-refractivity contribution in [2.75, 3.05) is 0 Å². The molecule has 0 fully saturated rings. The van der Waals surface area contributed by atoms with E-state index in [0.717, 1.165) is 12.3 Å². The van der Waals surface area contributed by atoms with Gasteiger partial charge in [-0.15, -0.1) is 9.24 Å². The van der Waals surface area contributed by atoms with Crippen molar-refractivity contribution < 1.29 is 13.2 Å². The van der Waals surface area contributed by atoms with Gasteiger partial charge in [0.15, 0.2) is 0 Å². The summed E-state index contributed by atoms with van der Waals surface area (Å²) in [5.74, 6) is 0. The molecule has 1 unspecified atom stereocenters. The lowest BCUT2D eigenvalue weighted by Crippen LogP contribution is -2.08. The molecule has 1 atom stereocenters. The standard InChI is InChI=1S/C6H5F3NP/c7-6(8,9)4-1-5(11)3-10-2-4/h1-3H,11H2. The van der Waals surface area contributed by atoms with Crippen molar-refractivity contribution in [3.8, 4) is 0 Å². The van der Waals surface area contributed by atoms with Crippen LogP contribution in [0, 0.1) is 0 Å². The summed E-state index contributed by atoms with van der Waals surface area (Å²) in [5, 5.41) is 0.430. The van der Waals surface area contributed by atoms with Gasteiger partial charge in [0.25, 0.3) is 0 Å². The summed E-state index contributed by atoms with van der Waals surface area (Å²) < 4.78 is 35.8. The van der Waals surface area contributed by atoms with Gasteiger partial charge in [-0.1, -0.05) is 0 Å². The highest BCUT2D eigenvalue weighted by Crippen LogP contribution is 2.27. The van der Waals surface area contributed by atoms with Crippen LogP contribution in [0.4, 0.5) is 13.2 Å². The number of alkyl halides is 3. The minimum absolute atomic E-state index is 0.430. The highest BCUT2D eigenvalue weighted by atomic mass is 31.0. The van der Waals surface area contributed by atoms with Crippen molar-refractivity contribution in [1.82, 2.24) is 4.98 Å². The number of hydrogen-bond donors (Lipinski definition) is 0. The molecule has 0 spiro atoms. The lowest BCUT2D eigenvalue weighted by Gasteiger charge is -2.05. The fourth-order valence-corrected chi connectivity index (χ4v) is 0.878. The number of halogens is 3. The SMILES string of the molecule is FC(F)(F)c1cncc(P)c1. The molecular weight excluding hydrogens is 174 g/mol. The van der Waals surface area contributed by atoms with E-state index in [2.05, 4.69) is 14.2 Å². The van der Waals surface area contributed by atoms with Crippen molar-refractivity contribution in [3.63, 3.8) is 0 Å². The normalized spacial score (nSPS) is 11.6. The molecule has 1 rings (SSSR count). The zero-order valence-electron chi connectivity index (χ0n) is 5.39. The lowest BCUT2D eigenvalue weighted by atomic mass is 10.3. The van der Waals surface area contributed by atoms with Crippen molar-refractivity contribution >= 4 is 14.5 Å². The molecular formula is C6H5F3NP. The Balaban J connectivity index is 3.06. The minimum atomic E-state index is -4.29. The molecule has 0 aliphatic carbocycles. The number of aromatic nitrogens is 1. The maximum atomic E-state index is 11.9. The third-order valence-electron chi connectivity index (χ3n) is 1.09. The molecule has 1 nitrogen and oxygen atoms in total. The Hall–Kier alpha value is -0.630. The molecule has 11 heavy (non-hydrogen) atoms. The quantitative estimate of drug-likeness (QED) is 0.551. The van der Waals surface area contributed by atoms with Crippen molar-refractivity contribution in [3.05, 3.63) is 24.0 Å². The number of rotatable bonds is 0. The maximum Gasteiger partial charge on any atom is 0.417 e. The zero-order valence-corrected chi connectivity index (χ0v) is 6.55. The molecule has 0 radical (unpaired) electrons. The second-order valence-corrected chi connectivity index (χ2v) is 2.67. The highest BCUT2D eigenvalue weighted by molar-refractivity contribution is 7.27. The second kappa shape index (κ2) is 2.78. The predicted molar refractivity (Wildman–Crippen MR) is 38.6 cm³/mol. The minimum Gasteiger partial charge on any atom is -0.263 e. The maximum absolute atomic E-state index is 11.9. The van der Waals surface area contributed by atoms with E-state index in [1.165, 1.54) is 6.20 Å².